The number of rotatable bonds is 3. The molecule has 3 heteroatoms. The number of para-hydroxylation sites is 1. The number of Topliss-reactive ketones (excluding diaryl/α,β-unsaturated/α-hetero) is 1. The van der Waals surface area contributed by atoms with E-state index in [1.807, 2.05) is 63.2 Å². The maximum absolute atomic E-state index is 12.6. The van der Waals surface area contributed by atoms with Crippen LogP contribution in [0.5, 0.6) is 0 Å². The Hall–Kier alpha value is -2.68. The third kappa shape index (κ3) is 2.82. The normalized spacial score (nSPS) is 10.9. The predicted molar refractivity (Wildman–Crippen MR) is 93.2 cm³/mol. The molecule has 3 aromatic rings. The molecular weight excluding hydrogens is 286 g/mol. The van der Waals surface area contributed by atoms with E-state index in [0.717, 1.165) is 27.6 Å². The minimum Gasteiger partial charge on any atom is -0.300 e. The predicted octanol–water partition coefficient (Wildman–Crippen LogP) is 3.81. The first-order valence-corrected chi connectivity index (χ1v) is 7.67. The summed E-state index contributed by atoms with van der Waals surface area (Å²) in [6, 6.07) is 14.9. The van der Waals surface area contributed by atoms with Crippen LogP contribution >= 0.6 is 0 Å². The summed E-state index contributed by atoms with van der Waals surface area (Å²) in [5.74, 6) is -0.0517. The van der Waals surface area contributed by atoms with E-state index in [1.165, 1.54) is 0 Å². The van der Waals surface area contributed by atoms with Crippen LogP contribution < -0.4 is 5.56 Å². The van der Waals surface area contributed by atoms with E-state index in [4.69, 9.17) is 0 Å². The van der Waals surface area contributed by atoms with Crippen molar-refractivity contribution in [1.29, 1.82) is 0 Å². The lowest BCUT2D eigenvalue weighted by Crippen LogP contribution is -2.24. The molecule has 0 saturated heterocycles. The highest BCUT2D eigenvalue weighted by Gasteiger charge is 2.12. The molecule has 0 bridgehead atoms. The Morgan fingerprint density at radius 3 is 2.39 bits per heavy atom. The molecule has 0 aliphatic carbocycles. The summed E-state index contributed by atoms with van der Waals surface area (Å²) >= 11 is 0. The first-order chi connectivity index (χ1) is 11.0. The molecule has 0 spiro atoms. The highest BCUT2D eigenvalue weighted by atomic mass is 16.1. The third-order valence-electron chi connectivity index (χ3n) is 4.36. The number of carbonyl (C=O) groups is 1. The number of aryl methyl sites for hydroxylation is 3. The van der Waals surface area contributed by atoms with Gasteiger partial charge >= 0.3 is 0 Å². The van der Waals surface area contributed by atoms with Crippen LogP contribution in [0.25, 0.3) is 10.9 Å². The van der Waals surface area contributed by atoms with E-state index in [-0.39, 0.29) is 17.9 Å². The summed E-state index contributed by atoms with van der Waals surface area (Å²) in [4.78, 5) is 25.0. The number of hydrogen-bond donors (Lipinski definition) is 0. The lowest BCUT2D eigenvalue weighted by Gasteiger charge is -2.12. The monoisotopic (exact) mass is 305 g/mol. The largest absolute Gasteiger partial charge is 0.300 e. The van der Waals surface area contributed by atoms with Crippen LogP contribution in [-0.4, -0.2) is 10.4 Å². The van der Waals surface area contributed by atoms with Gasteiger partial charge < -0.3 is 4.57 Å². The minimum atomic E-state index is -0.140. The van der Waals surface area contributed by atoms with Gasteiger partial charge in [-0.05, 0) is 49.6 Å². The van der Waals surface area contributed by atoms with Crippen LogP contribution in [0.3, 0.4) is 0 Å². The van der Waals surface area contributed by atoms with Gasteiger partial charge in [-0.15, -0.1) is 0 Å². The number of hydrogen-bond acceptors (Lipinski definition) is 2. The fourth-order valence-corrected chi connectivity index (χ4v) is 2.81. The number of pyridine rings is 1. The van der Waals surface area contributed by atoms with Gasteiger partial charge in [0.2, 0.25) is 0 Å². The van der Waals surface area contributed by atoms with Crippen molar-refractivity contribution in [1.82, 2.24) is 4.57 Å². The van der Waals surface area contributed by atoms with Crippen molar-refractivity contribution in [2.24, 2.45) is 0 Å². The summed E-state index contributed by atoms with van der Waals surface area (Å²) in [6.07, 6.45) is 0. The Morgan fingerprint density at radius 1 is 0.913 bits per heavy atom. The van der Waals surface area contributed by atoms with Gasteiger partial charge in [0, 0.05) is 17.0 Å². The van der Waals surface area contributed by atoms with Crippen molar-refractivity contribution < 1.29 is 4.79 Å². The Bertz CT molecular complexity index is 967. The van der Waals surface area contributed by atoms with Crippen LogP contribution in [0.4, 0.5) is 0 Å². The second kappa shape index (κ2) is 5.84. The van der Waals surface area contributed by atoms with Gasteiger partial charge in [0.1, 0.15) is 0 Å². The Morgan fingerprint density at radius 2 is 1.65 bits per heavy atom. The molecule has 1 heterocycles. The van der Waals surface area contributed by atoms with Gasteiger partial charge in [0.25, 0.3) is 5.56 Å². The maximum atomic E-state index is 12.6. The highest BCUT2D eigenvalue weighted by molar-refractivity contribution is 5.97. The molecule has 0 unspecified atom stereocenters. The SMILES string of the molecule is Cc1ccc(C(=O)Cn2c(=O)cc(C)c3ccccc32)cc1C. The first kappa shape index (κ1) is 15.2. The quantitative estimate of drug-likeness (QED) is 0.690. The van der Waals surface area contributed by atoms with E-state index >= 15 is 0 Å². The number of nitrogens with zero attached hydrogens (tertiary/aromatic N) is 1. The number of carbonyl (C=O) groups excluding carboxylic acids is 1. The van der Waals surface area contributed by atoms with Gasteiger partial charge in [-0.25, -0.2) is 0 Å². The van der Waals surface area contributed by atoms with Crippen LogP contribution in [0.1, 0.15) is 27.0 Å². The molecule has 0 amide bonds. The summed E-state index contributed by atoms with van der Waals surface area (Å²) in [5, 5.41) is 1.000. The van der Waals surface area contributed by atoms with Crippen molar-refractivity contribution in [3.05, 3.63) is 81.1 Å². The molecule has 116 valence electrons. The molecule has 3 rings (SSSR count). The molecule has 23 heavy (non-hydrogen) atoms. The molecule has 3 nitrogen and oxygen atoms in total. The number of aromatic nitrogens is 1. The molecule has 2 aromatic carbocycles. The molecule has 0 atom stereocenters. The van der Waals surface area contributed by atoms with Crippen molar-refractivity contribution in [2.45, 2.75) is 27.3 Å². The lowest BCUT2D eigenvalue weighted by molar-refractivity contribution is 0.0972. The van der Waals surface area contributed by atoms with Crippen molar-refractivity contribution >= 4 is 16.7 Å². The van der Waals surface area contributed by atoms with Gasteiger partial charge in [-0.3, -0.25) is 9.59 Å². The Labute approximate surface area is 135 Å². The van der Waals surface area contributed by atoms with Crippen molar-refractivity contribution in [3.63, 3.8) is 0 Å². The van der Waals surface area contributed by atoms with E-state index in [1.54, 1.807) is 10.6 Å². The highest BCUT2D eigenvalue weighted by Crippen LogP contribution is 2.17. The van der Waals surface area contributed by atoms with E-state index in [2.05, 4.69) is 0 Å². The standard InChI is InChI=1S/C20H19NO2/c1-13-8-9-16(10-14(13)2)19(22)12-21-18-7-5-4-6-17(18)15(3)11-20(21)23/h4-11H,12H2,1-3H3. The third-order valence-corrected chi connectivity index (χ3v) is 4.36. The minimum absolute atomic E-state index is 0.0517. The van der Waals surface area contributed by atoms with E-state index < -0.39 is 0 Å². The molecule has 0 fully saturated rings. The van der Waals surface area contributed by atoms with Crippen LogP contribution in [0, 0.1) is 20.8 Å². The zero-order valence-electron chi connectivity index (χ0n) is 13.6. The van der Waals surface area contributed by atoms with Crippen molar-refractivity contribution in [3.8, 4) is 0 Å². The van der Waals surface area contributed by atoms with Crippen LogP contribution in [-0.2, 0) is 6.54 Å². The smallest absolute Gasteiger partial charge is 0.251 e. The molecule has 0 N–H and O–H groups in total. The van der Waals surface area contributed by atoms with Gasteiger partial charge in [0.15, 0.2) is 5.78 Å². The summed E-state index contributed by atoms with van der Waals surface area (Å²) in [7, 11) is 0. The first-order valence-electron chi connectivity index (χ1n) is 7.67. The number of benzene rings is 2. The van der Waals surface area contributed by atoms with E-state index in [9.17, 15) is 9.59 Å². The van der Waals surface area contributed by atoms with Crippen LogP contribution in [0.15, 0.2) is 53.3 Å². The van der Waals surface area contributed by atoms with Crippen molar-refractivity contribution in [2.75, 3.05) is 0 Å². The average molecular weight is 305 g/mol. The Kier molecular flexibility index (Phi) is 3.87. The molecule has 0 saturated carbocycles. The summed E-state index contributed by atoms with van der Waals surface area (Å²) in [6.45, 7) is 5.97. The fraction of sp³-hybridized carbons (Fsp3) is 0.200. The van der Waals surface area contributed by atoms with Crippen LogP contribution in [0.2, 0.25) is 0 Å². The molecule has 0 aliphatic rings. The zero-order chi connectivity index (χ0) is 16.6. The van der Waals surface area contributed by atoms with Gasteiger partial charge in [-0.1, -0.05) is 30.3 Å². The summed E-state index contributed by atoms with van der Waals surface area (Å²) in [5.41, 5.74) is 4.47. The zero-order valence-corrected chi connectivity index (χ0v) is 13.6. The topological polar surface area (TPSA) is 39.1 Å². The second-order valence-electron chi connectivity index (χ2n) is 5.99. The number of fused-ring (bicyclic) bond motifs is 1. The fourth-order valence-electron chi connectivity index (χ4n) is 2.81. The average Bonchev–Trinajstić information content (AvgIpc) is 2.54. The maximum Gasteiger partial charge on any atom is 0.251 e. The van der Waals surface area contributed by atoms with Gasteiger partial charge in [-0.2, -0.15) is 0 Å². The lowest BCUT2D eigenvalue weighted by atomic mass is 10.0. The molecule has 0 aliphatic heterocycles. The molecule has 1 aromatic heterocycles. The Balaban J connectivity index is 2.06. The van der Waals surface area contributed by atoms with E-state index in [0.29, 0.717) is 5.56 Å². The molecular formula is C20H19NO2. The van der Waals surface area contributed by atoms with Gasteiger partial charge in [0.05, 0.1) is 12.1 Å². The second-order valence-corrected chi connectivity index (χ2v) is 5.99. The number of ketones is 1. The molecule has 0 radical (unpaired) electrons. The summed E-state index contributed by atoms with van der Waals surface area (Å²) < 4.78 is 1.56.